The molecule has 1 aliphatic carbocycles. The zero-order chi connectivity index (χ0) is 13.8. The molecule has 0 radical (unpaired) electrons. The lowest BCUT2D eigenvalue weighted by Crippen LogP contribution is -2.61. The second kappa shape index (κ2) is 5.85. The molecule has 0 saturated heterocycles. The highest BCUT2D eigenvalue weighted by molar-refractivity contribution is 7.87. The van der Waals surface area contributed by atoms with Gasteiger partial charge in [0, 0.05) is 6.54 Å². The van der Waals surface area contributed by atoms with Crippen molar-refractivity contribution in [3.63, 3.8) is 0 Å². The first kappa shape index (κ1) is 15.2. The van der Waals surface area contributed by atoms with Crippen molar-refractivity contribution in [2.45, 2.75) is 45.1 Å². The Morgan fingerprint density at radius 3 is 2.50 bits per heavy atom. The van der Waals surface area contributed by atoms with Crippen LogP contribution in [0.5, 0.6) is 0 Å². The first-order valence-corrected chi connectivity index (χ1v) is 7.60. The molecule has 7 nitrogen and oxygen atoms in total. The Balaban J connectivity index is 2.93. The molecule has 0 aromatic rings. The van der Waals surface area contributed by atoms with Gasteiger partial charge in [-0.3, -0.25) is 0 Å². The average molecular weight is 278 g/mol. The van der Waals surface area contributed by atoms with Crippen molar-refractivity contribution >= 4 is 16.0 Å². The van der Waals surface area contributed by atoms with E-state index in [1.54, 1.807) is 6.92 Å². The van der Waals surface area contributed by atoms with Crippen LogP contribution in [-0.4, -0.2) is 31.5 Å². The van der Waals surface area contributed by atoms with Crippen LogP contribution in [0.15, 0.2) is 5.16 Å². The van der Waals surface area contributed by atoms with E-state index in [1.165, 1.54) is 0 Å². The third-order valence-electron chi connectivity index (χ3n) is 3.39. The quantitative estimate of drug-likeness (QED) is 0.247. The number of hydrogen-bond donors (Lipinski definition) is 4. The van der Waals surface area contributed by atoms with Crippen LogP contribution in [-0.2, 0) is 10.2 Å². The summed E-state index contributed by atoms with van der Waals surface area (Å²) in [6, 6.07) is 0. The third kappa shape index (κ3) is 3.56. The van der Waals surface area contributed by atoms with Crippen molar-refractivity contribution < 1.29 is 13.6 Å². The third-order valence-corrected chi connectivity index (χ3v) is 4.72. The molecule has 18 heavy (non-hydrogen) atoms. The molecule has 0 spiro atoms. The second-order valence-electron chi connectivity index (χ2n) is 4.85. The Morgan fingerprint density at radius 2 is 2.06 bits per heavy atom. The average Bonchev–Trinajstić information content (AvgIpc) is 2.31. The molecule has 8 heteroatoms. The summed E-state index contributed by atoms with van der Waals surface area (Å²) in [6.45, 7) is 4.09. The topological polar surface area (TPSA) is 117 Å². The van der Waals surface area contributed by atoms with Crippen LogP contribution in [0.4, 0.5) is 0 Å². The molecule has 0 atom stereocenters. The predicted molar refractivity (Wildman–Crippen MR) is 69.5 cm³/mol. The number of amidine groups is 1. The summed E-state index contributed by atoms with van der Waals surface area (Å²) in [5, 5.41) is 11.8. The standard InChI is InChI=1S/C10H22N4O3S/c1-3-12-18(16,17)14-10(9(11)13-15)6-4-8(2)5-7-10/h8,12,14-15H,3-7H2,1-2H3,(H2,11,13). The lowest BCUT2D eigenvalue weighted by Gasteiger charge is -2.38. The predicted octanol–water partition coefficient (Wildman–Crippen LogP) is 0.126. The Kier molecular flexibility index (Phi) is 4.94. The zero-order valence-electron chi connectivity index (χ0n) is 10.8. The minimum Gasteiger partial charge on any atom is -0.409 e. The highest BCUT2D eigenvalue weighted by Gasteiger charge is 2.41. The van der Waals surface area contributed by atoms with Crippen molar-refractivity contribution in [3.05, 3.63) is 0 Å². The van der Waals surface area contributed by atoms with Gasteiger partial charge in [0.1, 0.15) is 0 Å². The summed E-state index contributed by atoms with van der Waals surface area (Å²) >= 11 is 0. The smallest absolute Gasteiger partial charge is 0.277 e. The van der Waals surface area contributed by atoms with Crippen molar-refractivity contribution in [1.82, 2.24) is 9.44 Å². The number of nitrogens with zero attached hydrogens (tertiary/aromatic N) is 1. The molecule has 1 aliphatic rings. The van der Waals surface area contributed by atoms with Crippen LogP contribution in [0, 0.1) is 5.92 Å². The van der Waals surface area contributed by atoms with E-state index in [0.29, 0.717) is 18.8 Å². The Hall–Kier alpha value is -0.860. The van der Waals surface area contributed by atoms with Crippen molar-refractivity contribution in [2.24, 2.45) is 16.8 Å². The molecule has 0 amide bonds. The number of hydrogen-bond acceptors (Lipinski definition) is 4. The largest absolute Gasteiger partial charge is 0.409 e. The monoisotopic (exact) mass is 278 g/mol. The van der Waals surface area contributed by atoms with Crippen LogP contribution in [0.2, 0.25) is 0 Å². The molecule has 1 rings (SSSR count). The highest BCUT2D eigenvalue weighted by atomic mass is 32.2. The van der Waals surface area contributed by atoms with E-state index in [9.17, 15) is 8.42 Å². The SMILES string of the molecule is CCNS(=O)(=O)NC1(C(N)=NO)CCC(C)CC1. The number of oxime groups is 1. The van der Waals surface area contributed by atoms with Gasteiger partial charge in [0.2, 0.25) is 0 Å². The number of nitrogens with one attached hydrogen (secondary N) is 2. The maximum Gasteiger partial charge on any atom is 0.277 e. The molecular formula is C10H22N4O3S. The highest BCUT2D eigenvalue weighted by Crippen LogP contribution is 2.32. The lowest BCUT2D eigenvalue weighted by atomic mass is 9.77. The molecule has 0 aromatic heterocycles. The van der Waals surface area contributed by atoms with Crippen LogP contribution in [0.1, 0.15) is 39.5 Å². The van der Waals surface area contributed by atoms with E-state index < -0.39 is 15.7 Å². The maximum atomic E-state index is 11.8. The molecule has 0 bridgehead atoms. The van der Waals surface area contributed by atoms with Crippen LogP contribution in [0.25, 0.3) is 0 Å². The van der Waals surface area contributed by atoms with Gasteiger partial charge in [-0.25, -0.2) is 4.72 Å². The zero-order valence-corrected chi connectivity index (χ0v) is 11.6. The van der Waals surface area contributed by atoms with Crippen LogP contribution in [0.3, 0.4) is 0 Å². The minimum atomic E-state index is -3.63. The molecule has 0 unspecified atom stereocenters. The fourth-order valence-corrected chi connectivity index (χ4v) is 3.52. The maximum absolute atomic E-state index is 11.8. The van der Waals surface area contributed by atoms with Gasteiger partial charge in [0.15, 0.2) is 5.84 Å². The summed E-state index contributed by atoms with van der Waals surface area (Å²) in [5.74, 6) is 0.448. The van der Waals surface area contributed by atoms with Crippen molar-refractivity contribution in [3.8, 4) is 0 Å². The number of rotatable bonds is 5. The fourth-order valence-electron chi connectivity index (χ4n) is 2.24. The van der Waals surface area contributed by atoms with E-state index in [-0.39, 0.29) is 12.4 Å². The van der Waals surface area contributed by atoms with E-state index >= 15 is 0 Å². The fraction of sp³-hybridized carbons (Fsp3) is 0.900. The molecule has 1 saturated carbocycles. The summed E-state index contributed by atoms with van der Waals surface area (Å²) < 4.78 is 28.5. The normalized spacial score (nSPS) is 30.3. The lowest BCUT2D eigenvalue weighted by molar-refractivity contribution is 0.266. The van der Waals surface area contributed by atoms with Gasteiger partial charge >= 0.3 is 0 Å². The van der Waals surface area contributed by atoms with Gasteiger partial charge in [-0.2, -0.15) is 13.1 Å². The molecule has 0 heterocycles. The summed E-state index contributed by atoms with van der Waals surface area (Å²) in [5.41, 5.74) is 4.71. The van der Waals surface area contributed by atoms with Gasteiger partial charge in [-0.15, -0.1) is 0 Å². The van der Waals surface area contributed by atoms with E-state index in [4.69, 9.17) is 10.9 Å². The van der Waals surface area contributed by atoms with E-state index in [0.717, 1.165) is 12.8 Å². The Bertz CT molecular complexity index is 399. The second-order valence-corrected chi connectivity index (χ2v) is 6.35. The van der Waals surface area contributed by atoms with E-state index in [1.807, 2.05) is 0 Å². The molecule has 106 valence electrons. The summed E-state index contributed by atoms with van der Waals surface area (Å²) in [7, 11) is -3.63. The number of nitrogens with two attached hydrogens (primary N) is 1. The minimum absolute atomic E-state index is 0.0733. The molecule has 0 aliphatic heterocycles. The van der Waals surface area contributed by atoms with Crippen molar-refractivity contribution in [2.75, 3.05) is 6.54 Å². The van der Waals surface area contributed by atoms with Gasteiger partial charge in [-0.05, 0) is 31.6 Å². The van der Waals surface area contributed by atoms with Gasteiger partial charge in [-0.1, -0.05) is 19.0 Å². The van der Waals surface area contributed by atoms with Gasteiger partial charge < -0.3 is 10.9 Å². The first-order chi connectivity index (χ1) is 8.35. The first-order valence-electron chi connectivity index (χ1n) is 6.12. The van der Waals surface area contributed by atoms with Gasteiger partial charge in [0.25, 0.3) is 10.2 Å². The Labute approximate surface area is 108 Å². The van der Waals surface area contributed by atoms with Crippen LogP contribution >= 0.6 is 0 Å². The van der Waals surface area contributed by atoms with E-state index in [2.05, 4.69) is 21.5 Å². The molecule has 5 N–H and O–H groups in total. The van der Waals surface area contributed by atoms with Gasteiger partial charge in [0.05, 0.1) is 5.54 Å². The molecule has 1 fully saturated rings. The van der Waals surface area contributed by atoms with Crippen LogP contribution < -0.4 is 15.2 Å². The summed E-state index contributed by atoms with van der Waals surface area (Å²) in [4.78, 5) is 0. The summed E-state index contributed by atoms with van der Waals surface area (Å²) in [6.07, 6.45) is 2.75. The molecule has 0 aromatic carbocycles. The Morgan fingerprint density at radius 1 is 1.50 bits per heavy atom. The van der Waals surface area contributed by atoms with Crippen molar-refractivity contribution in [1.29, 1.82) is 0 Å². The molecular weight excluding hydrogens is 256 g/mol.